The lowest BCUT2D eigenvalue weighted by atomic mass is 9.75. The molecule has 2 rings (SSSR count). The number of aliphatic hydroxyl groups is 1. The quantitative estimate of drug-likeness (QED) is 0.699. The lowest BCUT2D eigenvalue weighted by Gasteiger charge is -2.34. The number of alkyl halides is 2. The highest BCUT2D eigenvalue weighted by Gasteiger charge is 2.40. The fourth-order valence-electron chi connectivity index (χ4n) is 3.47. The minimum atomic E-state index is -2.68. The van der Waals surface area contributed by atoms with Gasteiger partial charge in [0.15, 0.2) is 0 Å². The molecule has 1 fully saturated rings. The van der Waals surface area contributed by atoms with E-state index in [1.165, 1.54) is 12.1 Å². The lowest BCUT2D eigenvalue weighted by molar-refractivity contribution is -0.127. The average molecular weight is 358 g/mol. The van der Waals surface area contributed by atoms with E-state index in [-0.39, 0.29) is 43.8 Å². The predicted molar refractivity (Wildman–Crippen MR) is 88.3 cm³/mol. The van der Waals surface area contributed by atoms with Crippen molar-refractivity contribution in [2.75, 3.05) is 0 Å². The second kappa shape index (κ2) is 8.19. The molecule has 7 heteroatoms. The number of carbonyl (C=O) groups is 1. The van der Waals surface area contributed by atoms with E-state index < -0.39 is 29.9 Å². The highest BCUT2D eigenvalue weighted by Crippen LogP contribution is 2.40. The largest absolute Gasteiger partial charge is 0.391 e. The molecule has 1 aromatic rings. The normalized spacial score (nSPS) is 21.5. The Kier molecular flexibility index (Phi) is 6.46. The van der Waals surface area contributed by atoms with Crippen LogP contribution in [0.25, 0.3) is 0 Å². The van der Waals surface area contributed by atoms with Crippen LogP contribution in [0.1, 0.15) is 37.7 Å². The first kappa shape index (κ1) is 19.7. The smallest absolute Gasteiger partial charge is 0.248 e. The van der Waals surface area contributed by atoms with Crippen molar-refractivity contribution in [3.63, 3.8) is 0 Å². The van der Waals surface area contributed by atoms with E-state index in [9.17, 15) is 23.1 Å². The van der Waals surface area contributed by atoms with Crippen LogP contribution in [0.3, 0.4) is 0 Å². The van der Waals surface area contributed by atoms with Gasteiger partial charge in [-0.25, -0.2) is 13.2 Å². The van der Waals surface area contributed by atoms with Gasteiger partial charge in [-0.2, -0.15) is 0 Å². The number of hydrogen-bond donors (Lipinski definition) is 3. The summed E-state index contributed by atoms with van der Waals surface area (Å²) in [6.45, 7) is 0. The molecule has 1 aromatic carbocycles. The predicted octanol–water partition coefficient (Wildman–Crippen LogP) is 2.37. The van der Waals surface area contributed by atoms with Crippen molar-refractivity contribution in [3.8, 4) is 0 Å². The van der Waals surface area contributed by atoms with Gasteiger partial charge in [0.2, 0.25) is 11.8 Å². The topological polar surface area (TPSA) is 89.3 Å². The Labute approximate surface area is 145 Å². The minimum absolute atomic E-state index is 0.0495. The van der Waals surface area contributed by atoms with Crippen molar-refractivity contribution >= 4 is 5.91 Å². The summed E-state index contributed by atoms with van der Waals surface area (Å²) in [6, 6.07) is 5.12. The van der Waals surface area contributed by atoms with Gasteiger partial charge >= 0.3 is 0 Å². The lowest BCUT2D eigenvalue weighted by Crippen LogP contribution is -2.43. The monoisotopic (exact) mass is 358 g/mol. The van der Waals surface area contributed by atoms with Gasteiger partial charge in [0.25, 0.3) is 0 Å². The number of primary amides is 1. The molecule has 0 aromatic heterocycles. The fraction of sp³-hybridized carbons (Fsp3) is 0.611. The molecule has 4 nitrogen and oxygen atoms in total. The molecule has 1 amide bonds. The number of nitrogens with two attached hydrogens (primary N) is 2. The van der Waals surface area contributed by atoms with E-state index in [1.807, 2.05) is 0 Å². The van der Waals surface area contributed by atoms with Crippen LogP contribution in [-0.4, -0.2) is 29.1 Å². The Bertz CT molecular complexity index is 570. The third-order valence-corrected chi connectivity index (χ3v) is 5.07. The number of benzene rings is 1. The maximum Gasteiger partial charge on any atom is 0.248 e. The molecule has 3 unspecified atom stereocenters. The Morgan fingerprint density at radius 2 is 1.80 bits per heavy atom. The Morgan fingerprint density at radius 1 is 1.24 bits per heavy atom. The second-order valence-corrected chi connectivity index (χ2v) is 7.00. The van der Waals surface area contributed by atoms with Crippen molar-refractivity contribution < 1.29 is 23.1 Å². The molecule has 0 bridgehead atoms. The van der Waals surface area contributed by atoms with Gasteiger partial charge in [0.05, 0.1) is 6.10 Å². The van der Waals surface area contributed by atoms with E-state index in [2.05, 4.69) is 0 Å². The Hall–Kier alpha value is -1.60. The van der Waals surface area contributed by atoms with E-state index in [0.717, 1.165) is 5.56 Å². The maximum absolute atomic E-state index is 13.3. The highest BCUT2D eigenvalue weighted by molar-refractivity contribution is 5.77. The van der Waals surface area contributed by atoms with Crippen LogP contribution in [0.15, 0.2) is 24.3 Å². The molecule has 0 aliphatic heterocycles. The number of hydrogen-bond acceptors (Lipinski definition) is 3. The van der Waals surface area contributed by atoms with Gasteiger partial charge in [0, 0.05) is 24.8 Å². The van der Waals surface area contributed by atoms with E-state index in [0.29, 0.717) is 6.42 Å². The molecule has 0 saturated heterocycles. The van der Waals surface area contributed by atoms with Gasteiger partial charge in [-0.15, -0.1) is 0 Å². The Morgan fingerprint density at radius 3 is 2.32 bits per heavy atom. The summed E-state index contributed by atoms with van der Waals surface area (Å²) in [6.07, 6.45) is -0.742. The van der Waals surface area contributed by atoms with Crippen LogP contribution in [-0.2, 0) is 11.2 Å². The van der Waals surface area contributed by atoms with E-state index >= 15 is 0 Å². The molecular formula is C18H25F3N2O2. The first-order valence-corrected chi connectivity index (χ1v) is 8.53. The third-order valence-electron chi connectivity index (χ3n) is 5.07. The van der Waals surface area contributed by atoms with Crippen LogP contribution in [0, 0.1) is 17.7 Å². The van der Waals surface area contributed by atoms with Crippen molar-refractivity contribution in [2.45, 2.75) is 56.6 Å². The van der Waals surface area contributed by atoms with Crippen LogP contribution >= 0.6 is 0 Å². The number of rotatable bonds is 7. The van der Waals surface area contributed by atoms with Crippen LogP contribution in [0.2, 0.25) is 0 Å². The summed E-state index contributed by atoms with van der Waals surface area (Å²) in [5.41, 5.74) is 12.2. The molecule has 140 valence electrons. The molecule has 0 radical (unpaired) electrons. The number of halogens is 3. The molecule has 25 heavy (non-hydrogen) atoms. The van der Waals surface area contributed by atoms with Crippen molar-refractivity contribution in [1.29, 1.82) is 0 Å². The second-order valence-electron chi connectivity index (χ2n) is 7.00. The van der Waals surface area contributed by atoms with Crippen molar-refractivity contribution in [2.24, 2.45) is 23.3 Å². The molecule has 1 saturated carbocycles. The van der Waals surface area contributed by atoms with Crippen LogP contribution < -0.4 is 11.5 Å². The first-order valence-electron chi connectivity index (χ1n) is 8.53. The number of amides is 1. The van der Waals surface area contributed by atoms with Crippen LogP contribution in [0.5, 0.6) is 0 Å². The third kappa shape index (κ3) is 5.71. The molecule has 0 heterocycles. The summed E-state index contributed by atoms with van der Waals surface area (Å²) in [7, 11) is 0. The van der Waals surface area contributed by atoms with Crippen molar-refractivity contribution in [1.82, 2.24) is 0 Å². The van der Waals surface area contributed by atoms with E-state index in [1.54, 1.807) is 12.1 Å². The summed E-state index contributed by atoms with van der Waals surface area (Å²) in [5, 5.41) is 10.3. The van der Waals surface area contributed by atoms with E-state index in [4.69, 9.17) is 11.5 Å². The summed E-state index contributed by atoms with van der Waals surface area (Å²) >= 11 is 0. The molecule has 3 atom stereocenters. The number of aliphatic hydroxyl groups excluding tert-OH is 1. The zero-order valence-electron chi connectivity index (χ0n) is 14.0. The van der Waals surface area contributed by atoms with Crippen LogP contribution in [0.4, 0.5) is 13.2 Å². The highest BCUT2D eigenvalue weighted by atomic mass is 19.3. The molecule has 0 spiro atoms. The summed E-state index contributed by atoms with van der Waals surface area (Å²) < 4.78 is 39.5. The molecular weight excluding hydrogens is 333 g/mol. The SMILES string of the molecule is NC(=O)C(CC(O)C(N)Cc1ccc(F)cc1)C1CCC(F)(F)CC1. The summed E-state index contributed by atoms with van der Waals surface area (Å²) in [4.78, 5) is 11.8. The van der Waals surface area contributed by atoms with Gasteiger partial charge in [-0.05, 0) is 49.3 Å². The van der Waals surface area contributed by atoms with Gasteiger partial charge < -0.3 is 16.6 Å². The Balaban J connectivity index is 1.94. The molecule has 1 aliphatic carbocycles. The van der Waals surface area contributed by atoms with Gasteiger partial charge in [0.1, 0.15) is 5.82 Å². The molecule has 1 aliphatic rings. The number of carbonyl (C=O) groups excluding carboxylic acids is 1. The zero-order valence-corrected chi connectivity index (χ0v) is 14.0. The fourth-order valence-corrected chi connectivity index (χ4v) is 3.47. The minimum Gasteiger partial charge on any atom is -0.391 e. The molecule has 5 N–H and O–H groups in total. The zero-order chi connectivity index (χ0) is 18.6. The van der Waals surface area contributed by atoms with Gasteiger partial charge in [-0.3, -0.25) is 4.79 Å². The standard InChI is InChI=1S/C18H25F3N2O2/c19-13-3-1-11(2-4-13)9-15(22)16(24)10-14(17(23)25)12-5-7-18(20,21)8-6-12/h1-4,12,14-16,24H,5-10,22H2,(H2,23,25). The first-order chi connectivity index (χ1) is 11.7. The summed E-state index contributed by atoms with van der Waals surface area (Å²) in [5.74, 6) is -4.57. The van der Waals surface area contributed by atoms with Gasteiger partial charge in [-0.1, -0.05) is 12.1 Å². The average Bonchev–Trinajstić information content (AvgIpc) is 2.54. The van der Waals surface area contributed by atoms with Crippen molar-refractivity contribution in [3.05, 3.63) is 35.6 Å². The maximum atomic E-state index is 13.3.